The molecule has 2 N–H and O–H groups in total. The molecule has 2 aromatic rings. The number of carbonyl (C=O) groups excluding carboxylic acids is 2. The molecule has 28 heavy (non-hydrogen) atoms. The van der Waals surface area contributed by atoms with Gasteiger partial charge in [-0.3, -0.25) is 20.4 Å². The van der Waals surface area contributed by atoms with Crippen LogP contribution in [-0.4, -0.2) is 24.5 Å². The Morgan fingerprint density at radius 3 is 2.36 bits per heavy atom. The van der Waals surface area contributed by atoms with Crippen molar-refractivity contribution in [3.8, 4) is 11.5 Å². The second-order valence-corrected chi connectivity index (χ2v) is 7.18. The largest absolute Gasteiger partial charge is 0.493 e. The van der Waals surface area contributed by atoms with E-state index in [4.69, 9.17) is 9.47 Å². The minimum absolute atomic E-state index is 0.385. The molecule has 0 aliphatic carbocycles. The Morgan fingerprint density at radius 1 is 0.929 bits per heavy atom. The van der Waals surface area contributed by atoms with Crippen LogP contribution in [0, 0.1) is 19.8 Å². The molecule has 0 aliphatic heterocycles. The van der Waals surface area contributed by atoms with Crippen molar-refractivity contribution in [1.82, 2.24) is 10.9 Å². The normalized spacial score (nSPS) is 11.6. The third-order valence-corrected chi connectivity index (χ3v) is 4.14. The third-order valence-electron chi connectivity index (χ3n) is 4.14. The molecule has 2 rings (SSSR count). The van der Waals surface area contributed by atoms with Crippen LogP contribution in [0.5, 0.6) is 11.5 Å². The lowest BCUT2D eigenvalue weighted by Gasteiger charge is -2.16. The van der Waals surface area contributed by atoms with Crippen molar-refractivity contribution in [3.05, 3.63) is 59.2 Å². The van der Waals surface area contributed by atoms with Gasteiger partial charge in [-0.2, -0.15) is 0 Å². The molecule has 1 unspecified atom stereocenters. The molecule has 2 amide bonds. The minimum atomic E-state index is -0.761. The zero-order valence-electron chi connectivity index (χ0n) is 17.0. The van der Waals surface area contributed by atoms with E-state index in [0.29, 0.717) is 29.6 Å². The van der Waals surface area contributed by atoms with Crippen LogP contribution in [0.1, 0.15) is 42.3 Å². The summed E-state index contributed by atoms with van der Waals surface area (Å²) in [5.74, 6) is 0.724. The van der Waals surface area contributed by atoms with Crippen LogP contribution in [0.25, 0.3) is 0 Å². The first kappa shape index (κ1) is 21.3. The Hall–Kier alpha value is -3.02. The number of nitrogens with one attached hydrogen (secondary N) is 2. The maximum Gasteiger partial charge on any atom is 0.279 e. The lowest BCUT2D eigenvalue weighted by Crippen LogP contribution is -2.47. The van der Waals surface area contributed by atoms with Gasteiger partial charge in [0.2, 0.25) is 0 Å². The van der Waals surface area contributed by atoms with Crippen LogP contribution in [0.2, 0.25) is 0 Å². The van der Waals surface area contributed by atoms with Crippen LogP contribution in [0.4, 0.5) is 0 Å². The van der Waals surface area contributed by atoms with Crippen LogP contribution in [0.3, 0.4) is 0 Å². The van der Waals surface area contributed by atoms with E-state index in [1.54, 1.807) is 31.2 Å². The minimum Gasteiger partial charge on any atom is -0.493 e. The maximum absolute atomic E-state index is 12.3. The first-order chi connectivity index (χ1) is 13.3. The summed E-state index contributed by atoms with van der Waals surface area (Å²) in [6, 6.07) is 12.4. The van der Waals surface area contributed by atoms with Crippen molar-refractivity contribution < 1.29 is 19.1 Å². The molecule has 2 aromatic carbocycles. The summed E-state index contributed by atoms with van der Waals surface area (Å²) in [6.45, 7) is 10.3. The Balaban J connectivity index is 1.88. The molecule has 0 fully saturated rings. The predicted octanol–water partition coefficient (Wildman–Crippen LogP) is 3.57. The average Bonchev–Trinajstić information content (AvgIpc) is 2.67. The highest BCUT2D eigenvalue weighted by atomic mass is 16.5. The summed E-state index contributed by atoms with van der Waals surface area (Å²) in [5, 5.41) is 0. The Labute approximate surface area is 166 Å². The fraction of sp³-hybridized carbons (Fsp3) is 0.364. The second-order valence-electron chi connectivity index (χ2n) is 7.18. The van der Waals surface area contributed by atoms with E-state index in [-0.39, 0.29) is 0 Å². The molecule has 0 heterocycles. The number of aryl methyl sites for hydroxylation is 2. The van der Waals surface area contributed by atoms with Gasteiger partial charge < -0.3 is 9.47 Å². The summed E-state index contributed by atoms with van der Waals surface area (Å²) in [7, 11) is 0. The van der Waals surface area contributed by atoms with Gasteiger partial charge >= 0.3 is 0 Å². The monoisotopic (exact) mass is 384 g/mol. The zero-order chi connectivity index (χ0) is 20.7. The van der Waals surface area contributed by atoms with Crippen LogP contribution >= 0.6 is 0 Å². The molecule has 0 aliphatic rings. The van der Waals surface area contributed by atoms with Crippen LogP contribution in [-0.2, 0) is 4.79 Å². The molecule has 6 nitrogen and oxygen atoms in total. The predicted molar refractivity (Wildman–Crippen MR) is 108 cm³/mol. The van der Waals surface area contributed by atoms with Gasteiger partial charge in [-0.25, -0.2) is 0 Å². The van der Waals surface area contributed by atoms with Crippen molar-refractivity contribution in [3.63, 3.8) is 0 Å². The van der Waals surface area contributed by atoms with Crippen molar-refractivity contribution in [2.75, 3.05) is 6.61 Å². The van der Waals surface area contributed by atoms with Crippen molar-refractivity contribution in [1.29, 1.82) is 0 Å². The zero-order valence-corrected chi connectivity index (χ0v) is 17.0. The third kappa shape index (κ3) is 6.30. The van der Waals surface area contributed by atoms with E-state index in [0.717, 1.165) is 11.1 Å². The molecule has 150 valence electrons. The van der Waals surface area contributed by atoms with E-state index in [1.165, 1.54) is 0 Å². The molecule has 0 aromatic heterocycles. The van der Waals surface area contributed by atoms with Crippen molar-refractivity contribution in [2.24, 2.45) is 5.92 Å². The quantitative estimate of drug-likeness (QED) is 0.716. The molecular weight excluding hydrogens is 356 g/mol. The first-order valence-electron chi connectivity index (χ1n) is 9.33. The van der Waals surface area contributed by atoms with E-state index >= 15 is 0 Å². The number of hydrazine groups is 1. The summed E-state index contributed by atoms with van der Waals surface area (Å²) < 4.78 is 11.3. The number of ether oxygens (including phenoxy) is 2. The molecule has 0 radical (unpaired) electrons. The van der Waals surface area contributed by atoms with Gasteiger partial charge in [0.05, 0.1) is 6.61 Å². The number of rotatable bonds is 7. The lowest BCUT2D eigenvalue weighted by atomic mass is 10.1. The molecular formula is C22H28N2O4. The van der Waals surface area contributed by atoms with E-state index < -0.39 is 17.9 Å². The van der Waals surface area contributed by atoms with E-state index in [9.17, 15) is 9.59 Å². The fourth-order valence-corrected chi connectivity index (χ4v) is 2.33. The molecule has 0 saturated heterocycles. The highest BCUT2D eigenvalue weighted by Gasteiger charge is 2.16. The molecule has 6 heteroatoms. The Bertz CT molecular complexity index is 833. The lowest BCUT2D eigenvalue weighted by molar-refractivity contribution is -0.128. The highest BCUT2D eigenvalue weighted by Crippen LogP contribution is 2.18. The Kier molecular flexibility index (Phi) is 7.44. The maximum atomic E-state index is 12.3. The Morgan fingerprint density at radius 2 is 1.68 bits per heavy atom. The summed E-state index contributed by atoms with van der Waals surface area (Å²) in [4.78, 5) is 24.5. The molecule has 0 saturated carbocycles. The molecule has 0 spiro atoms. The van der Waals surface area contributed by atoms with Crippen LogP contribution in [0.15, 0.2) is 42.5 Å². The average molecular weight is 384 g/mol. The summed E-state index contributed by atoms with van der Waals surface area (Å²) in [5.41, 5.74) is 7.42. The number of carbonyl (C=O) groups is 2. The van der Waals surface area contributed by atoms with Gasteiger partial charge in [-0.05, 0) is 68.1 Å². The first-order valence-corrected chi connectivity index (χ1v) is 9.33. The van der Waals surface area contributed by atoms with E-state index in [2.05, 4.69) is 10.9 Å². The number of hydrogen-bond donors (Lipinski definition) is 2. The van der Waals surface area contributed by atoms with Gasteiger partial charge in [0.25, 0.3) is 11.8 Å². The van der Waals surface area contributed by atoms with Gasteiger partial charge in [0.1, 0.15) is 11.5 Å². The van der Waals surface area contributed by atoms with Crippen molar-refractivity contribution in [2.45, 2.75) is 40.7 Å². The van der Waals surface area contributed by atoms with Crippen LogP contribution < -0.4 is 20.3 Å². The standard InChI is InChI=1S/C22H28N2O4/c1-14(2)13-27-19-8-6-7-18(12-19)22(26)24-23-21(25)17(5)28-20-10-9-15(3)16(4)11-20/h6-12,14,17H,13H2,1-5H3,(H,23,25)(H,24,26). The number of benzene rings is 2. The smallest absolute Gasteiger partial charge is 0.279 e. The summed E-state index contributed by atoms with van der Waals surface area (Å²) >= 11 is 0. The molecule has 1 atom stereocenters. The number of amides is 2. The second kappa shape index (κ2) is 9.78. The molecule has 0 bridgehead atoms. The van der Waals surface area contributed by atoms with Gasteiger partial charge in [0, 0.05) is 5.56 Å². The highest BCUT2D eigenvalue weighted by molar-refractivity contribution is 5.96. The summed E-state index contributed by atoms with van der Waals surface area (Å²) in [6.07, 6.45) is -0.761. The number of hydrogen-bond acceptors (Lipinski definition) is 4. The van der Waals surface area contributed by atoms with Gasteiger partial charge in [-0.15, -0.1) is 0 Å². The van der Waals surface area contributed by atoms with Gasteiger partial charge in [-0.1, -0.05) is 26.0 Å². The SMILES string of the molecule is Cc1ccc(OC(C)C(=O)NNC(=O)c2cccc(OCC(C)C)c2)cc1C. The van der Waals surface area contributed by atoms with E-state index in [1.807, 2.05) is 45.9 Å². The fourth-order valence-electron chi connectivity index (χ4n) is 2.33. The van der Waals surface area contributed by atoms with Crippen molar-refractivity contribution >= 4 is 11.8 Å². The topological polar surface area (TPSA) is 76.7 Å². The van der Waals surface area contributed by atoms with Gasteiger partial charge in [0.15, 0.2) is 6.10 Å².